The molecule has 11 rings (SSSR count). The summed E-state index contributed by atoms with van der Waals surface area (Å²) >= 11 is 1.91. The second-order valence-electron chi connectivity index (χ2n) is 12.9. The lowest BCUT2D eigenvalue weighted by atomic mass is 10.0. The van der Waals surface area contributed by atoms with Gasteiger partial charge in [-0.05, 0) is 65.0 Å². The first-order chi connectivity index (χ1) is 24.3. The molecule has 0 aliphatic heterocycles. The van der Waals surface area contributed by atoms with Crippen molar-refractivity contribution in [3.63, 3.8) is 0 Å². The first kappa shape index (κ1) is 26.9. The van der Waals surface area contributed by atoms with Gasteiger partial charge in [0.25, 0.3) is 0 Å². The number of aromatic nitrogens is 2. The van der Waals surface area contributed by atoms with E-state index in [4.69, 9.17) is 0 Å². The smallest absolute Gasteiger partial charge is 0.0633 e. The lowest BCUT2D eigenvalue weighted by Gasteiger charge is -2.11. The second-order valence-corrected chi connectivity index (χ2v) is 14.0. The average molecular weight is 641 g/mol. The largest absolute Gasteiger partial charge is 0.309 e. The van der Waals surface area contributed by atoms with E-state index < -0.39 is 0 Å². The highest BCUT2D eigenvalue weighted by atomic mass is 32.1. The Kier molecular flexibility index (Phi) is 5.57. The molecule has 0 aliphatic rings. The van der Waals surface area contributed by atoms with E-state index in [2.05, 4.69) is 179 Å². The molecule has 0 amide bonds. The Labute approximate surface area is 286 Å². The molecule has 3 aromatic heterocycles. The fourth-order valence-corrected chi connectivity index (χ4v) is 9.38. The number of hydrogen-bond donors (Lipinski definition) is 0. The quantitative estimate of drug-likeness (QED) is 0.182. The monoisotopic (exact) mass is 640 g/mol. The molecule has 0 saturated carbocycles. The van der Waals surface area contributed by atoms with Gasteiger partial charge in [-0.3, -0.25) is 0 Å². The van der Waals surface area contributed by atoms with Gasteiger partial charge in [0.2, 0.25) is 0 Å². The van der Waals surface area contributed by atoms with E-state index in [9.17, 15) is 0 Å². The molecular weight excluding hydrogens is 613 g/mol. The summed E-state index contributed by atoms with van der Waals surface area (Å²) in [6.07, 6.45) is 0. The van der Waals surface area contributed by atoms with Crippen LogP contribution in [0.3, 0.4) is 0 Å². The number of thiophene rings is 1. The van der Waals surface area contributed by atoms with Crippen molar-refractivity contribution in [3.05, 3.63) is 170 Å². The highest BCUT2D eigenvalue weighted by Gasteiger charge is 2.20. The van der Waals surface area contributed by atoms with E-state index in [1.807, 2.05) is 11.3 Å². The van der Waals surface area contributed by atoms with Crippen LogP contribution in [0.4, 0.5) is 0 Å². The molecule has 0 radical (unpaired) electrons. The number of nitrogens with zero attached hydrogens (tertiary/aromatic N) is 2. The number of rotatable bonds is 3. The van der Waals surface area contributed by atoms with Gasteiger partial charge in [0.15, 0.2) is 0 Å². The van der Waals surface area contributed by atoms with Crippen molar-refractivity contribution in [2.45, 2.75) is 0 Å². The van der Waals surface area contributed by atoms with E-state index in [1.165, 1.54) is 97.1 Å². The molecule has 0 unspecified atom stereocenters. The Morgan fingerprint density at radius 3 is 1.63 bits per heavy atom. The van der Waals surface area contributed by atoms with Crippen LogP contribution in [0.25, 0.3) is 97.1 Å². The maximum Gasteiger partial charge on any atom is 0.0633 e. The lowest BCUT2D eigenvalue weighted by molar-refractivity contribution is 1.18. The minimum absolute atomic E-state index is 1.17. The predicted molar refractivity (Wildman–Crippen MR) is 211 cm³/mol. The van der Waals surface area contributed by atoms with Crippen LogP contribution in [0, 0.1) is 0 Å². The minimum atomic E-state index is 1.17. The van der Waals surface area contributed by atoms with Crippen LogP contribution < -0.4 is 0 Å². The number of para-hydroxylation sites is 3. The summed E-state index contributed by atoms with van der Waals surface area (Å²) in [5, 5.41) is 10.3. The normalized spacial score (nSPS) is 12.1. The Bertz CT molecular complexity index is 3090. The van der Waals surface area contributed by atoms with Crippen molar-refractivity contribution in [3.8, 4) is 22.5 Å². The molecule has 0 bridgehead atoms. The zero-order chi connectivity index (χ0) is 32.1. The van der Waals surface area contributed by atoms with Gasteiger partial charge in [0.05, 0.1) is 22.1 Å². The van der Waals surface area contributed by atoms with E-state index >= 15 is 0 Å². The van der Waals surface area contributed by atoms with Crippen LogP contribution in [0.15, 0.2) is 170 Å². The molecule has 0 fully saturated rings. The van der Waals surface area contributed by atoms with E-state index in [-0.39, 0.29) is 0 Å². The minimum Gasteiger partial charge on any atom is -0.309 e. The Hall–Kier alpha value is -6.16. The Balaban J connectivity index is 1.23. The van der Waals surface area contributed by atoms with Gasteiger partial charge in [-0.1, -0.05) is 121 Å². The van der Waals surface area contributed by atoms with Gasteiger partial charge >= 0.3 is 0 Å². The summed E-state index contributed by atoms with van der Waals surface area (Å²) in [5.41, 5.74) is 9.67. The summed E-state index contributed by atoms with van der Waals surface area (Å²) in [4.78, 5) is 0. The van der Waals surface area contributed by atoms with Gasteiger partial charge in [-0.25, -0.2) is 0 Å². The Morgan fingerprint density at radius 2 is 0.898 bits per heavy atom. The van der Waals surface area contributed by atoms with Gasteiger partial charge in [-0.2, -0.15) is 0 Å². The highest BCUT2D eigenvalue weighted by molar-refractivity contribution is 7.26. The Morgan fingerprint density at radius 1 is 0.367 bits per heavy atom. The fourth-order valence-electron chi connectivity index (χ4n) is 8.12. The maximum atomic E-state index is 2.50. The fraction of sp³-hybridized carbons (Fsp3) is 0. The summed E-state index contributed by atoms with van der Waals surface area (Å²) in [5.74, 6) is 0. The number of fused-ring (bicyclic) bond motifs is 12. The third-order valence-electron chi connectivity index (χ3n) is 10.3. The van der Waals surface area contributed by atoms with E-state index in [0.29, 0.717) is 0 Å². The molecule has 0 aliphatic carbocycles. The third kappa shape index (κ3) is 3.82. The average Bonchev–Trinajstić information content (AvgIpc) is 3.82. The van der Waals surface area contributed by atoms with Crippen LogP contribution in [-0.2, 0) is 0 Å². The molecular formula is C46H28N2S. The molecule has 0 spiro atoms. The van der Waals surface area contributed by atoms with Gasteiger partial charge < -0.3 is 9.13 Å². The van der Waals surface area contributed by atoms with E-state index in [1.54, 1.807) is 0 Å². The molecule has 11 aromatic rings. The summed E-state index contributed by atoms with van der Waals surface area (Å²) in [7, 11) is 0. The lowest BCUT2D eigenvalue weighted by Crippen LogP contribution is -1.95. The SMILES string of the molecule is c1ccc(-n2c3ccccc3c3ccc(-c4ccc5c6ccc7ccc8c9ccccc9sc8c7c6n(-c6ccccc6)c5c4)cc32)cc1. The van der Waals surface area contributed by atoms with Crippen molar-refractivity contribution < 1.29 is 0 Å². The van der Waals surface area contributed by atoms with Crippen LogP contribution in [-0.4, -0.2) is 9.13 Å². The summed E-state index contributed by atoms with van der Waals surface area (Å²) in [6.45, 7) is 0. The molecule has 0 N–H and O–H groups in total. The van der Waals surface area contributed by atoms with Crippen LogP contribution in [0.5, 0.6) is 0 Å². The van der Waals surface area contributed by atoms with Crippen LogP contribution >= 0.6 is 11.3 Å². The maximum absolute atomic E-state index is 2.50. The molecule has 3 heterocycles. The zero-order valence-electron chi connectivity index (χ0n) is 26.5. The number of hydrogen-bond acceptors (Lipinski definition) is 1. The predicted octanol–water partition coefficient (Wildman–Crippen LogP) is 13.1. The molecule has 49 heavy (non-hydrogen) atoms. The first-order valence-electron chi connectivity index (χ1n) is 16.8. The van der Waals surface area contributed by atoms with Gasteiger partial charge in [0.1, 0.15) is 0 Å². The standard InChI is InChI=1S/C46H28N2S/c1-3-11-32(12-4-1)47-40-17-9-7-15-34(40)35-23-21-30(27-41(35)47)31-22-24-36-38-25-19-29-20-26-39-37-16-8-10-18-43(37)49-46(39)44(29)45(38)48(42(36)28-31)33-13-5-2-6-14-33/h1-28H. The second kappa shape index (κ2) is 10.2. The zero-order valence-corrected chi connectivity index (χ0v) is 27.3. The van der Waals surface area contributed by atoms with Crippen LogP contribution in [0.2, 0.25) is 0 Å². The molecule has 228 valence electrons. The summed E-state index contributed by atoms with van der Waals surface area (Å²) in [6, 6.07) is 62.3. The van der Waals surface area contributed by atoms with Crippen molar-refractivity contribution >= 4 is 85.9 Å². The summed E-state index contributed by atoms with van der Waals surface area (Å²) < 4.78 is 7.58. The molecule has 0 atom stereocenters. The van der Waals surface area contributed by atoms with Crippen molar-refractivity contribution in [2.75, 3.05) is 0 Å². The first-order valence-corrected chi connectivity index (χ1v) is 17.6. The molecule has 8 aromatic carbocycles. The molecule has 3 heteroatoms. The molecule has 0 saturated heterocycles. The van der Waals surface area contributed by atoms with E-state index in [0.717, 1.165) is 0 Å². The highest BCUT2D eigenvalue weighted by Crippen LogP contribution is 2.45. The van der Waals surface area contributed by atoms with Gasteiger partial charge in [0, 0.05) is 58.5 Å². The molecule has 2 nitrogen and oxygen atoms in total. The van der Waals surface area contributed by atoms with Gasteiger partial charge in [-0.15, -0.1) is 11.3 Å². The van der Waals surface area contributed by atoms with Crippen LogP contribution in [0.1, 0.15) is 0 Å². The number of benzene rings is 8. The van der Waals surface area contributed by atoms with Crippen molar-refractivity contribution in [1.29, 1.82) is 0 Å². The van der Waals surface area contributed by atoms with Crippen molar-refractivity contribution in [1.82, 2.24) is 9.13 Å². The third-order valence-corrected chi connectivity index (χ3v) is 11.5. The van der Waals surface area contributed by atoms with Crippen molar-refractivity contribution in [2.24, 2.45) is 0 Å². The topological polar surface area (TPSA) is 9.86 Å².